The minimum absolute atomic E-state index is 0.0882. The predicted octanol–water partition coefficient (Wildman–Crippen LogP) is 4.73. The highest BCUT2D eigenvalue weighted by Crippen LogP contribution is 2.20. The summed E-state index contributed by atoms with van der Waals surface area (Å²) < 4.78 is 6.33. The third-order valence-corrected chi connectivity index (χ3v) is 6.88. The van der Waals surface area contributed by atoms with Gasteiger partial charge >= 0.3 is 5.97 Å². The van der Waals surface area contributed by atoms with E-state index in [-0.39, 0.29) is 6.10 Å². The lowest BCUT2D eigenvalue weighted by molar-refractivity contribution is -0.138. The maximum absolute atomic E-state index is 11.8. The van der Waals surface area contributed by atoms with Crippen molar-refractivity contribution in [3.05, 3.63) is 51.9 Å². The minimum atomic E-state index is -0.875. The summed E-state index contributed by atoms with van der Waals surface area (Å²) >= 11 is 3.40. The van der Waals surface area contributed by atoms with Crippen LogP contribution in [0.25, 0.3) is 0 Å². The molecule has 0 saturated carbocycles. The highest BCUT2D eigenvalue weighted by molar-refractivity contribution is 9.10. The van der Waals surface area contributed by atoms with Gasteiger partial charge in [-0.15, -0.1) is 0 Å². The molecule has 2 N–H and O–H groups in total. The molecule has 3 rings (SSSR count). The lowest BCUT2D eigenvalue weighted by atomic mass is 9.95. The van der Waals surface area contributed by atoms with E-state index >= 15 is 0 Å². The summed E-state index contributed by atoms with van der Waals surface area (Å²) in [5, 5.41) is 12.8. The molecule has 2 atom stereocenters. The van der Waals surface area contributed by atoms with Crippen molar-refractivity contribution in [2.45, 2.75) is 70.4 Å². The number of carbonyl (C=O) groups is 1. The van der Waals surface area contributed by atoms with E-state index in [9.17, 15) is 9.90 Å². The van der Waals surface area contributed by atoms with Gasteiger partial charge in [0.15, 0.2) is 0 Å². The number of ether oxygens (including phenoxy) is 1. The number of fused-ring (bicyclic) bond motifs is 1. The number of unbranched alkanes of at least 4 members (excludes halogenated alkanes) is 1. The molecule has 186 valence electrons. The molecule has 0 fully saturated rings. The predicted molar refractivity (Wildman–Crippen MR) is 138 cm³/mol. The molecule has 2 aromatic heterocycles. The molecule has 0 aliphatic heterocycles. The number of nitrogens with one attached hydrogen (secondary N) is 1. The molecule has 0 aromatic carbocycles. The quantitative estimate of drug-likeness (QED) is 0.340. The van der Waals surface area contributed by atoms with E-state index in [1.54, 1.807) is 19.4 Å². The van der Waals surface area contributed by atoms with Crippen LogP contribution in [0.5, 0.6) is 0 Å². The number of carboxylic acid groups (broad SMARTS) is 1. The molecular formula is C26H37BrN4O3. The van der Waals surface area contributed by atoms with Crippen molar-refractivity contribution in [3.63, 3.8) is 0 Å². The Kier molecular flexibility index (Phi) is 10.8. The van der Waals surface area contributed by atoms with Gasteiger partial charge in [-0.2, -0.15) is 0 Å². The normalized spacial score (nSPS) is 15.1. The van der Waals surface area contributed by atoms with E-state index in [1.807, 2.05) is 13.0 Å². The summed E-state index contributed by atoms with van der Waals surface area (Å²) in [6, 6.07) is 7.35. The molecular weight excluding hydrogens is 496 g/mol. The number of aryl methyl sites for hydroxylation is 3. The van der Waals surface area contributed by atoms with Crippen molar-refractivity contribution in [1.29, 1.82) is 0 Å². The number of methoxy groups -OCH3 is 1. The number of halogens is 1. The number of rotatable bonds is 14. The van der Waals surface area contributed by atoms with Crippen LogP contribution < -0.4 is 5.32 Å². The molecule has 2 heterocycles. The number of hydrogen-bond acceptors (Lipinski definition) is 6. The summed E-state index contributed by atoms with van der Waals surface area (Å²) in [6.45, 7) is 4.39. The summed E-state index contributed by atoms with van der Waals surface area (Å²) in [5.41, 5.74) is 3.91. The van der Waals surface area contributed by atoms with Crippen LogP contribution in [-0.4, -0.2) is 64.8 Å². The van der Waals surface area contributed by atoms with Crippen molar-refractivity contribution in [2.24, 2.45) is 0 Å². The van der Waals surface area contributed by atoms with Gasteiger partial charge in [0.25, 0.3) is 0 Å². The Hall–Kier alpha value is -2.03. The molecule has 0 amide bonds. The molecule has 1 aliphatic carbocycles. The first-order valence-electron chi connectivity index (χ1n) is 12.3. The second kappa shape index (κ2) is 13.8. The molecule has 2 aromatic rings. The topological polar surface area (TPSA) is 87.6 Å². The Labute approximate surface area is 211 Å². The van der Waals surface area contributed by atoms with Crippen LogP contribution in [0.15, 0.2) is 34.9 Å². The molecule has 7 nitrogen and oxygen atoms in total. The van der Waals surface area contributed by atoms with E-state index in [4.69, 9.17) is 9.72 Å². The largest absolute Gasteiger partial charge is 0.480 e. The fourth-order valence-corrected chi connectivity index (χ4v) is 4.71. The Bertz CT molecular complexity index is 927. The van der Waals surface area contributed by atoms with Crippen molar-refractivity contribution in [2.75, 3.05) is 32.1 Å². The number of nitrogens with zero attached hydrogens (tertiary/aromatic N) is 3. The first-order valence-corrected chi connectivity index (χ1v) is 13.1. The second-order valence-corrected chi connectivity index (χ2v) is 10.0. The number of aromatic nitrogens is 2. The molecule has 8 heteroatoms. The zero-order valence-electron chi connectivity index (χ0n) is 20.3. The number of aliphatic carboxylic acids is 1. The molecule has 0 saturated heterocycles. The molecule has 0 spiro atoms. The average molecular weight is 534 g/mol. The van der Waals surface area contributed by atoms with Gasteiger partial charge < -0.3 is 20.1 Å². The van der Waals surface area contributed by atoms with E-state index in [1.165, 1.54) is 36.2 Å². The van der Waals surface area contributed by atoms with Crippen LogP contribution in [0.4, 0.5) is 5.82 Å². The fourth-order valence-electron chi connectivity index (χ4n) is 4.37. The monoisotopic (exact) mass is 532 g/mol. The zero-order chi connectivity index (χ0) is 24.3. The van der Waals surface area contributed by atoms with E-state index in [2.05, 4.69) is 43.3 Å². The SMILES string of the molecule is CO[C@H](C)CN(CCCCc1ccc2c(n1)CCCC2)CC[C@H](Nc1cc(Br)ccn1)C(=O)O. The van der Waals surface area contributed by atoms with Crippen LogP contribution >= 0.6 is 15.9 Å². The number of carboxylic acids is 1. The number of anilines is 1. The van der Waals surface area contributed by atoms with Gasteiger partial charge in [-0.3, -0.25) is 4.98 Å². The fraction of sp³-hybridized carbons (Fsp3) is 0.577. The third kappa shape index (κ3) is 8.64. The van der Waals surface area contributed by atoms with Gasteiger partial charge in [0.05, 0.1) is 6.10 Å². The standard InChI is InChI=1S/C26H37BrN4O3/c1-19(34-2)18-31(16-13-24(26(32)33)30-25-17-21(27)12-14-28-25)15-6-5-8-22-11-10-20-7-3-4-9-23(20)29-22/h10-12,14,17,19,24H,3-9,13,15-16,18H2,1-2H3,(H,28,30)(H,32,33)/t19-,24+/m1/s1. The molecule has 1 aliphatic rings. The van der Waals surface area contributed by atoms with Gasteiger partial charge in [-0.25, -0.2) is 9.78 Å². The van der Waals surface area contributed by atoms with Gasteiger partial charge in [0.1, 0.15) is 11.9 Å². The maximum atomic E-state index is 11.8. The molecule has 0 bridgehead atoms. The van der Waals surface area contributed by atoms with Crippen LogP contribution in [0.3, 0.4) is 0 Å². The van der Waals surface area contributed by atoms with Gasteiger partial charge in [-0.05, 0) is 88.6 Å². The average Bonchev–Trinajstić information content (AvgIpc) is 2.83. The van der Waals surface area contributed by atoms with Crippen LogP contribution in [0, 0.1) is 0 Å². The van der Waals surface area contributed by atoms with Crippen molar-refractivity contribution in [3.8, 4) is 0 Å². The summed E-state index contributed by atoms with van der Waals surface area (Å²) in [4.78, 5) is 23.3. The van der Waals surface area contributed by atoms with Gasteiger partial charge in [0, 0.05) is 42.3 Å². The van der Waals surface area contributed by atoms with Crippen LogP contribution in [0.2, 0.25) is 0 Å². The second-order valence-electron chi connectivity index (χ2n) is 9.10. The lowest BCUT2D eigenvalue weighted by Gasteiger charge is -2.26. The Balaban J connectivity index is 1.50. The van der Waals surface area contributed by atoms with E-state index in [0.29, 0.717) is 18.8 Å². The Morgan fingerprint density at radius 1 is 1.24 bits per heavy atom. The Morgan fingerprint density at radius 2 is 2.06 bits per heavy atom. The smallest absolute Gasteiger partial charge is 0.326 e. The highest BCUT2D eigenvalue weighted by atomic mass is 79.9. The van der Waals surface area contributed by atoms with Crippen LogP contribution in [0.1, 0.15) is 56.0 Å². The first kappa shape index (κ1) is 26.6. The number of hydrogen-bond donors (Lipinski definition) is 2. The summed E-state index contributed by atoms with van der Waals surface area (Å²) in [7, 11) is 1.71. The molecule has 0 unspecified atom stereocenters. The third-order valence-electron chi connectivity index (χ3n) is 6.39. The zero-order valence-corrected chi connectivity index (χ0v) is 21.9. The van der Waals surface area contributed by atoms with Crippen molar-refractivity contribution < 1.29 is 14.6 Å². The van der Waals surface area contributed by atoms with Gasteiger partial charge in [0.2, 0.25) is 0 Å². The maximum Gasteiger partial charge on any atom is 0.326 e. The molecule has 34 heavy (non-hydrogen) atoms. The summed E-state index contributed by atoms with van der Waals surface area (Å²) in [6.07, 6.45) is 10.1. The molecule has 0 radical (unpaired) electrons. The van der Waals surface area contributed by atoms with Gasteiger partial charge in [-0.1, -0.05) is 22.0 Å². The van der Waals surface area contributed by atoms with E-state index < -0.39 is 12.0 Å². The summed E-state index contributed by atoms with van der Waals surface area (Å²) in [5.74, 6) is -0.323. The first-order chi connectivity index (χ1) is 16.4. The van der Waals surface area contributed by atoms with Crippen molar-refractivity contribution >= 4 is 27.7 Å². The van der Waals surface area contributed by atoms with Crippen LogP contribution in [-0.2, 0) is 28.8 Å². The Morgan fingerprint density at radius 3 is 2.82 bits per heavy atom. The van der Waals surface area contributed by atoms with E-state index in [0.717, 1.165) is 43.2 Å². The number of pyridine rings is 2. The highest BCUT2D eigenvalue weighted by Gasteiger charge is 2.20. The minimum Gasteiger partial charge on any atom is -0.480 e. The lowest BCUT2D eigenvalue weighted by Crippen LogP contribution is -2.38. The van der Waals surface area contributed by atoms with Crippen molar-refractivity contribution in [1.82, 2.24) is 14.9 Å².